The molecule has 24 heavy (non-hydrogen) atoms. The van der Waals surface area contributed by atoms with Crippen molar-refractivity contribution in [1.82, 2.24) is 20.2 Å². The number of carbonyl (C=O) groups excluding carboxylic acids is 1. The summed E-state index contributed by atoms with van der Waals surface area (Å²) >= 11 is 0. The Balaban J connectivity index is 1.59. The van der Waals surface area contributed by atoms with Gasteiger partial charge in [0.05, 0.1) is 11.0 Å². The molecule has 1 saturated heterocycles. The van der Waals surface area contributed by atoms with Crippen LogP contribution in [0.3, 0.4) is 0 Å². The number of aromatic nitrogens is 2. The summed E-state index contributed by atoms with van der Waals surface area (Å²) in [6, 6.07) is 7.12. The number of fused-ring (bicyclic) bond motifs is 1. The lowest BCUT2D eigenvalue weighted by molar-refractivity contribution is 0.0925. The van der Waals surface area contributed by atoms with Crippen LogP contribution in [0.4, 0.5) is 0 Å². The highest BCUT2D eigenvalue weighted by molar-refractivity contribution is 5.93. The van der Waals surface area contributed by atoms with Crippen molar-refractivity contribution >= 4 is 16.9 Å². The first-order valence-corrected chi connectivity index (χ1v) is 8.28. The van der Waals surface area contributed by atoms with Gasteiger partial charge in [0.1, 0.15) is 0 Å². The minimum Gasteiger partial charge on any atom is -0.396 e. The molecule has 1 aliphatic rings. The number of hydrogen-bond acceptors (Lipinski definition) is 5. The maximum absolute atomic E-state index is 12.2. The Hall–Kier alpha value is -2.25. The molecule has 0 saturated carbocycles. The maximum Gasteiger partial charge on any atom is 0.280 e. The molecule has 0 unspecified atom stereocenters. The fourth-order valence-electron chi connectivity index (χ4n) is 3.10. The van der Waals surface area contributed by atoms with Crippen LogP contribution in [0.5, 0.6) is 0 Å². The lowest BCUT2D eigenvalue weighted by atomic mass is 9.99. The molecule has 128 valence electrons. The van der Waals surface area contributed by atoms with Gasteiger partial charge >= 0.3 is 0 Å². The summed E-state index contributed by atoms with van der Waals surface area (Å²) in [5, 5.41) is 12.0. The molecular weight excluding hydrogens is 308 g/mol. The molecular formula is C17H22N4O3. The number of rotatable bonds is 5. The second kappa shape index (κ2) is 7.55. The molecule has 2 heterocycles. The van der Waals surface area contributed by atoms with Gasteiger partial charge in [-0.2, -0.15) is 0 Å². The van der Waals surface area contributed by atoms with E-state index in [1.807, 2.05) is 6.07 Å². The number of nitrogens with zero attached hydrogens (tertiary/aromatic N) is 2. The van der Waals surface area contributed by atoms with Crippen molar-refractivity contribution in [1.29, 1.82) is 0 Å². The van der Waals surface area contributed by atoms with Gasteiger partial charge in [-0.25, -0.2) is 4.98 Å². The number of piperidine rings is 1. The third-order valence-corrected chi connectivity index (χ3v) is 4.39. The molecule has 1 fully saturated rings. The molecule has 1 aromatic carbocycles. The third kappa shape index (κ3) is 3.80. The minimum atomic E-state index is -0.482. The van der Waals surface area contributed by atoms with Gasteiger partial charge in [-0.3, -0.25) is 9.59 Å². The van der Waals surface area contributed by atoms with E-state index in [9.17, 15) is 14.7 Å². The van der Waals surface area contributed by atoms with Crippen LogP contribution in [0, 0.1) is 5.92 Å². The van der Waals surface area contributed by atoms with Crippen LogP contribution >= 0.6 is 0 Å². The normalized spacial score (nSPS) is 18.6. The van der Waals surface area contributed by atoms with E-state index in [1.165, 1.54) is 0 Å². The van der Waals surface area contributed by atoms with Gasteiger partial charge in [-0.15, -0.1) is 0 Å². The van der Waals surface area contributed by atoms with Crippen molar-refractivity contribution in [2.24, 2.45) is 5.92 Å². The van der Waals surface area contributed by atoms with Crippen LogP contribution in [0.2, 0.25) is 0 Å². The summed E-state index contributed by atoms with van der Waals surface area (Å²) in [7, 11) is 0. The second-order valence-corrected chi connectivity index (χ2v) is 6.18. The molecule has 3 rings (SSSR count). The van der Waals surface area contributed by atoms with Crippen molar-refractivity contribution in [2.45, 2.75) is 12.8 Å². The Bertz CT molecular complexity index is 774. The van der Waals surface area contributed by atoms with Crippen molar-refractivity contribution in [3.05, 3.63) is 40.3 Å². The number of benzene rings is 1. The van der Waals surface area contributed by atoms with E-state index in [0.717, 1.165) is 25.9 Å². The molecule has 1 aromatic heterocycles. The summed E-state index contributed by atoms with van der Waals surface area (Å²) in [5.74, 6) is -0.142. The molecule has 0 spiro atoms. The highest BCUT2D eigenvalue weighted by Crippen LogP contribution is 2.14. The first-order chi connectivity index (χ1) is 11.7. The van der Waals surface area contributed by atoms with Gasteiger partial charge in [0, 0.05) is 26.2 Å². The molecule has 1 atom stereocenters. The fourth-order valence-corrected chi connectivity index (χ4v) is 3.10. The lowest BCUT2D eigenvalue weighted by Gasteiger charge is -2.31. The third-order valence-electron chi connectivity index (χ3n) is 4.39. The van der Waals surface area contributed by atoms with Gasteiger partial charge in [0.2, 0.25) is 0 Å². The summed E-state index contributed by atoms with van der Waals surface area (Å²) in [4.78, 5) is 33.3. The Labute approximate surface area is 139 Å². The second-order valence-electron chi connectivity index (χ2n) is 6.18. The zero-order valence-electron chi connectivity index (χ0n) is 13.5. The van der Waals surface area contributed by atoms with Gasteiger partial charge in [0.15, 0.2) is 5.69 Å². The summed E-state index contributed by atoms with van der Waals surface area (Å²) in [6.45, 7) is 3.18. The van der Waals surface area contributed by atoms with E-state index >= 15 is 0 Å². The average molecular weight is 330 g/mol. The average Bonchev–Trinajstić information content (AvgIpc) is 2.61. The SMILES string of the molecule is O=C(NCCN1CCC[C@@H](CO)C1)c1nc2ccccc2[nH]c1=O. The van der Waals surface area contributed by atoms with E-state index in [4.69, 9.17) is 0 Å². The zero-order valence-corrected chi connectivity index (χ0v) is 13.5. The Morgan fingerprint density at radius 1 is 1.42 bits per heavy atom. The van der Waals surface area contributed by atoms with Crippen LogP contribution in [0.1, 0.15) is 23.3 Å². The molecule has 2 aromatic rings. The number of para-hydroxylation sites is 2. The minimum absolute atomic E-state index is 0.111. The summed E-state index contributed by atoms with van der Waals surface area (Å²) < 4.78 is 0. The number of hydrogen-bond donors (Lipinski definition) is 3. The molecule has 0 bridgehead atoms. The number of amides is 1. The fraction of sp³-hybridized carbons (Fsp3) is 0.471. The van der Waals surface area contributed by atoms with Crippen LogP contribution in [-0.4, -0.2) is 58.7 Å². The Morgan fingerprint density at radius 3 is 3.08 bits per heavy atom. The van der Waals surface area contributed by atoms with Crippen LogP contribution in [0.25, 0.3) is 11.0 Å². The molecule has 3 N–H and O–H groups in total. The number of aliphatic hydroxyl groups is 1. The van der Waals surface area contributed by atoms with Gasteiger partial charge in [0.25, 0.3) is 11.5 Å². The molecule has 0 radical (unpaired) electrons. The van der Waals surface area contributed by atoms with Gasteiger partial charge in [-0.1, -0.05) is 12.1 Å². The first-order valence-electron chi connectivity index (χ1n) is 8.28. The molecule has 1 amide bonds. The highest BCUT2D eigenvalue weighted by Gasteiger charge is 2.19. The number of H-pyrrole nitrogens is 1. The number of carbonyl (C=O) groups is 1. The topological polar surface area (TPSA) is 98.3 Å². The number of aliphatic hydroxyl groups excluding tert-OH is 1. The lowest BCUT2D eigenvalue weighted by Crippen LogP contribution is -2.42. The van der Waals surface area contributed by atoms with Crippen LogP contribution < -0.4 is 10.9 Å². The van der Waals surface area contributed by atoms with E-state index < -0.39 is 11.5 Å². The molecule has 0 aliphatic carbocycles. The Kier molecular flexibility index (Phi) is 5.22. The maximum atomic E-state index is 12.2. The Morgan fingerprint density at radius 2 is 2.25 bits per heavy atom. The van der Waals surface area contributed by atoms with Crippen molar-refractivity contribution in [3.8, 4) is 0 Å². The number of nitrogens with one attached hydrogen (secondary N) is 2. The van der Waals surface area contributed by atoms with Crippen LogP contribution in [0.15, 0.2) is 29.1 Å². The summed E-state index contributed by atoms with van der Waals surface area (Å²) in [6.07, 6.45) is 2.11. The van der Waals surface area contributed by atoms with Crippen molar-refractivity contribution in [3.63, 3.8) is 0 Å². The standard InChI is InChI=1S/C17H22N4O3/c22-11-12-4-3-8-21(10-12)9-7-18-16(23)15-17(24)20-14-6-2-1-5-13(14)19-15/h1-2,5-6,12,22H,3-4,7-11H2,(H,18,23)(H,20,24)/t12-/m1/s1. The predicted molar refractivity (Wildman–Crippen MR) is 90.9 cm³/mol. The highest BCUT2D eigenvalue weighted by atomic mass is 16.3. The molecule has 1 aliphatic heterocycles. The van der Waals surface area contributed by atoms with Gasteiger partial charge < -0.3 is 20.3 Å². The molecule has 7 heteroatoms. The van der Waals surface area contributed by atoms with E-state index in [0.29, 0.717) is 30.0 Å². The van der Waals surface area contributed by atoms with E-state index in [-0.39, 0.29) is 12.3 Å². The quantitative estimate of drug-likeness (QED) is 0.735. The predicted octanol–water partition coefficient (Wildman–Crippen LogP) is 0.357. The molecule has 7 nitrogen and oxygen atoms in total. The largest absolute Gasteiger partial charge is 0.396 e. The zero-order chi connectivity index (χ0) is 16.9. The smallest absolute Gasteiger partial charge is 0.280 e. The number of aromatic amines is 1. The van der Waals surface area contributed by atoms with Gasteiger partial charge in [-0.05, 0) is 37.4 Å². The van der Waals surface area contributed by atoms with Crippen LogP contribution in [-0.2, 0) is 0 Å². The first kappa shape index (κ1) is 16.6. The van der Waals surface area contributed by atoms with E-state index in [1.54, 1.807) is 18.2 Å². The van der Waals surface area contributed by atoms with E-state index in [2.05, 4.69) is 20.2 Å². The summed E-state index contributed by atoms with van der Waals surface area (Å²) in [5.41, 5.74) is 0.608. The van der Waals surface area contributed by atoms with Crippen molar-refractivity contribution < 1.29 is 9.90 Å². The van der Waals surface area contributed by atoms with Crippen molar-refractivity contribution in [2.75, 3.05) is 32.8 Å². The monoisotopic (exact) mass is 330 g/mol. The number of likely N-dealkylation sites (tertiary alicyclic amines) is 1.